The molecule has 1 saturated carbocycles. The number of fused-ring (bicyclic) bond motifs is 1. The summed E-state index contributed by atoms with van der Waals surface area (Å²) in [6.45, 7) is 19.0. The summed E-state index contributed by atoms with van der Waals surface area (Å²) in [7, 11) is 0. The SMILES string of the molecule is CCCC(CCC)N1CCN(CC2CCN(c3cnc(N4CCN(c5nc6c(c(NC7(C)CCC7)n5)SCC6)CC4)nc3)CC2)CC1. The molecule has 1 N–H and O–H groups in total. The van der Waals surface area contributed by atoms with Crippen LogP contribution >= 0.6 is 11.8 Å². The maximum absolute atomic E-state index is 5.08. The van der Waals surface area contributed by atoms with Crippen LogP contribution in [0.15, 0.2) is 17.3 Å². The molecule has 0 aromatic carbocycles. The summed E-state index contributed by atoms with van der Waals surface area (Å²) in [5.41, 5.74) is 2.57. The third-order valence-corrected chi connectivity index (χ3v) is 12.6. The van der Waals surface area contributed by atoms with Gasteiger partial charge in [0.1, 0.15) is 5.82 Å². The molecule has 47 heavy (non-hydrogen) atoms. The number of nitrogens with one attached hydrogen (secondary N) is 1. The minimum Gasteiger partial charge on any atom is -0.369 e. The van der Waals surface area contributed by atoms with Gasteiger partial charge in [0.05, 0.1) is 28.7 Å². The number of aryl methyl sites for hydroxylation is 1. The number of hydrogen-bond donors (Lipinski definition) is 1. The van der Waals surface area contributed by atoms with E-state index in [1.807, 2.05) is 11.8 Å². The van der Waals surface area contributed by atoms with Crippen LogP contribution in [0.2, 0.25) is 0 Å². The van der Waals surface area contributed by atoms with Crippen molar-refractivity contribution in [3.8, 4) is 0 Å². The lowest BCUT2D eigenvalue weighted by atomic mass is 9.78. The van der Waals surface area contributed by atoms with E-state index >= 15 is 0 Å². The van der Waals surface area contributed by atoms with Gasteiger partial charge in [-0.1, -0.05) is 26.7 Å². The lowest BCUT2D eigenvalue weighted by molar-refractivity contribution is 0.0756. The second-order valence-corrected chi connectivity index (χ2v) is 16.1. The van der Waals surface area contributed by atoms with Crippen molar-refractivity contribution in [1.82, 2.24) is 29.7 Å². The van der Waals surface area contributed by atoms with Crippen LogP contribution in [0.25, 0.3) is 0 Å². The summed E-state index contributed by atoms with van der Waals surface area (Å²) in [6.07, 6.45) is 16.7. The van der Waals surface area contributed by atoms with Crippen LogP contribution in [0.3, 0.4) is 0 Å². The fraction of sp³-hybridized carbons (Fsp3) is 0.778. The Morgan fingerprint density at radius 2 is 1.49 bits per heavy atom. The van der Waals surface area contributed by atoms with E-state index in [9.17, 15) is 0 Å². The lowest BCUT2D eigenvalue weighted by Crippen LogP contribution is -2.51. The van der Waals surface area contributed by atoms with E-state index in [-0.39, 0.29) is 5.54 Å². The summed E-state index contributed by atoms with van der Waals surface area (Å²) in [6, 6.07) is 0.800. The highest BCUT2D eigenvalue weighted by atomic mass is 32.2. The van der Waals surface area contributed by atoms with Crippen LogP contribution in [0.1, 0.15) is 84.3 Å². The fourth-order valence-electron chi connectivity index (χ4n) is 8.37. The van der Waals surface area contributed by atoms with Gasteiger partial charge in [-0.25, -0.2) is 15.0 Å². The Kier molecular flexibility index (Phi) is 10.6. The Bertz CT molecular complexity index is 1290. The summed E-state index contributed by atoms with van der Waals surface area (Å²) in [4.78, 5) is 33.8. The van der Waals surface area contributed by atoms with E-state index < -0.39 is 0 Å². The van der Waals surface area contributed by atoms with E-state index in [0.717, 1.165) is 81.1 Å². The van der Waals surface area contributed by atoms with E-state index in [1.54, 1.807) is 0 Å². The van der Waals surface area contributed by atoms with Gasteiger partial charge in [0.15, 0.2) is 0 Å². The molecule has 4 fully saturated rings. The van der Waals surface area contributed by atoms with Crippen LogP contribution in [0.4, 0.5) is 23.4 Å². The molecule has 0 unspecified atom stereocenters. The van der Waals surface area contributed by atoms with Crippen molar-refractivity contribution in [1.29, 1.82) is 0 Å². The highest BCUT2D eigenvalue weighted by Crippen LogP contribution is 2.41. The first-order valence-corrected chi connectivity index (χ1v) is 19.8. The van der Waals surface area contributed by atoms with Gasteiger partial charge in [-0.3, -0.25) is 4.90 Å². The molecule has 1 aliphatic carbocycles. The molecule has 4 aliphatic heterocycles. The molecule has 0 amide bonds. The standard InChI is InChI=1S/C36H58N10S/c1-4-7-29(8-5-2)44-18-16-42(17-19-44)27-28-9-14-43(15-10-28)30-25-37-34(38-26-30)45-20-22-46(23-21-45)35-39-31-11-24-47-32(31)33(40-35)41-36(3)12-6-13-36/h25-26,28-29H,4-24,27H2,1-3H3,(H,39,40,41). The highest BCUT2D eigenvalue weighted by Gasteiger charge is 2.35. The smallest absolute Gasteiger partial charge is 0.227 e. The third kappa shape index (κ3) is 7.77. The molecule has 3 saturated heterocycles. The first-order valence-electron chi connectivity index (χ1n) is 18.9. The Hall–Kier alpha value is -2.37. The second-order valence-electron chi connectivity index (χ2n) is 15.0. The molecule has 258 valence electrons. The first-order chi connectivity index (χ1) is 23.0. The number of piperidine rings is 1. The van der Waals surface area contributed by atoms with E-state index in [4.69, 9.17) is 19.9 Å². The van der Waals surface area contributed by atoms with Crippen LogP contribution in [-0.4, -0.2) is 119 Å². The Balaban J connectivity index is 0.865. The molecule has 5 aliphatic rings. The minimum absolute atomic E-state index is 0.183. The predicted octanol–water partition coefficient (Wildman–Crippen LogP) is 5.40. The molecule has 0 spiro atoms. The van der Waals surface area contributed by atoms with Gasteiger partial charge in [0.25, 0.3) is 0 Å². The fourth-order valence-corrected chi connectivity index (χ4v) is 9.42. The van der Waals surface area contributed by atoms with Gasteiger partial charge in [0, 0.05) is 95.7 Å². The molecule has 11 heteroatoms. The average molecular weight is 663 g/mol. The second kappa shape index (κ2) is 15.0. The zero-order chi connectivity index (χ0) is 32.2. The average Bonchev–Trinajstić information content (AvgIpc) is 3.58. The molecule has 6 heterocycles. The predicted molar refractivity (Wildman–Crippen MR) is 195 cm³/mol. The Morgan fingerprint density at radius 1 is 0.830 bits per heavy atom. The summed E-state index contributed by atoms with van der Waals surface area (Å²) in [5.74, 6) is 4.69. The molecular formula is C36H58N10S. The van der Waals surface area contributed by atoms with E-state index in [1.165, 1.54) is 107 Å². The largest absolute Gasteiger partial charge is 0.369 e. The number of thioether (sulfide) groups is 1. The van der Waals surface area contributed by atoms with E-state index in [0.29, 0.717) is 0 Å². The monoisotopic (exact) mass is 662 g/mol. The maximum atomic E-state index is 5.08. The molecule has 2 aromatic rings. The van der Waals surface area contributed by atoms with Crippen molar-refractivity contribution >= 4 is 35.2 Å². The summed E-state index contributed by atoms with van der Waals surface area (Å²) < 4.78 is 0. The van der Waals surface area contributed by atoms with Crippen molar-refractivity contribution < 1.29 is 0 Å². The van der Waals surface area contributed by atoms with Gasteiger partial charge in [-0.05, 0) is 57.8 Å². The van der Waals surface area contributed by atoms with Crippen molar-refractivity contribution in [2.75, 3.05) is 97.8 Å². The molecule has 10 nitrogen and oxygen atoms in total. The normalized spacial score (nSPS) is 22.5. The van der Waals surface area contributed by atoms with Crippen molar-refractivity contribution in [2.45, 2.75) is 101 Å². The zero-order valence-electron chi connectivity index (χ0n) is 29.3. The molecule has 0 radical (unpaired) electrons. The van der Waals surface area contributed by atoms with Crippen LogP contribution in [0, 0.1) is 5.92 Å². The topological polar surface area (TPSA) is 79.8 Å². The Morgan fingerprint density at radius 3 is 2.11 bits per heavy atom. The number of rotatable bonds is 12. The number of aromatic nitrogens is 4. The van der Waals surface area contributed by atoms with Crippen molar-refractivity contribution in [3.63, 3.8) is 0 Å². The van der Waals surface area contributed by atoms with Gasteiger partial charge in [0.2, 0.25) is 11.9 Å². The van der Waals surface area contributed by atoms with Gasteiger partial charge in [-0.15, -0.1) is 11.8 Å². The van der Waals surface area contributed by atoms with Gasteiger partial charge < -0.3 is 24.9 Å². The number of anilines is 4. The van der Waals surface area contributed by atoms with Crippen molar-refractivity contribution in [2.24, 2.45) is 5.92 Å². The van der Waals surface area contributed by atoms with Crippen LogP contribution in [0.5, 0.6) is 0 Å². The van der Waals surface area contributed by atoms with Gasteiger partial charge in [-0.2, -0.15) is 4.98 Å². The number of piperazine rings is 2. The third-order valence-electron chi connectivity index (χ3n) is 11.5. The quantitative estimate of drug-likeness (QED) is 0.318. The molecule has 0 atom stereocenters. The van der Waals surface area contributed by atoms with E-state index in [2.05, 4.69) is 63.0 Å². The van der Waals surface area contributed by atoms with Crippen molar-refractivity contribution in [3.05, 3.63) is 18.1 Å². The zero-order valence-corrected chi connectivity index (χ0v) is 30.1. The molecule has 0 bridgehead atoms. The minimum atomic E-state index is 0.183. The van der Waals surface area contributed by atoms with Crippen LogP contribution < -0.4 is 20.0 Å². The lowest BCUT2D eigenvalue weighted by Gasteiger charge is -2.41. The summed E-state index contributed by atoms with van der Waals surface area (Å²) in [5, 5.41) is 3.80. The van der Waals surface area contributed by atoms with Crippen LogP contribution in [-0.2, 0) is 6.42 Å². The maximum Gasteiger partial charge on any atom is 0.227 e. The molecule has 7 rings (SSSR count). The first kappa shape index (κ1) is 33.1. The summed E-state index contributed by atoms with van der Waals surface area (Å²) >= 11 is 1.91. The number of nitrogens with zero attached hydrogens (tertiary/aromatic N) is 9. The molecule has 2 aromatic heterocycles. The van der Waals surface area contributed by atoms with Gasteiger partial charge >= 0.3 is 0 Å². The molecular weight excluding hydrogens is 605 g/mol. The Labute approximate surface area is 287 Å². The number of hydrogen-bond acceptors (Lipinski definition) is 11. The highest BCUT2D eigenvalue weighted by molar-refractivity contribution is 7.99.